The molecule has 70 valence electrons. The summed E-state index contributed by atoms with van der Waals surface area (Å²) in [5.74, 6) is 0.215. The summed E-state index contributed by atoms with van der Waals surface area (Å²) in [7, 11) is 0. The molecule has 0 radical (unpaired) electrons. The van der Waals surface area contributed by atoms with Crippen LogP contribution in [0.25, 0.3) is 0 Å². The number of nitrogens with zero attached hydrogens (tertiary/aromatic N) is 1. The Labute approximate surface area is 76.1 Å². The first-order valence-corrected chi connectivity index (χ1v) is 4.81. The van der Waals surface area contributed by atoms with Crippen LogP contribution < -0.4 is 5.73 Å². The lowest BCUT2D eigenvalue weighted by molar-refractivity contribution is -0.146. The van der Waals surface area contributed by atoms with Crippen molar-refractivity contribution in [1.29, 1.82) is 0 Å². The molecule has 2 aliphatic carbocycles. The summed E-state index contributed by atoms with van der Waals surface area (Å²) in [4.78, 5) is 24.6. The molecule has 1 aliphatic heterocycles. The number of carbonyl (C=O) groups is 2. The predicted octanol–water partition coefficient (Wildman–Crippen LogP) is -0.519. The number of fused-ring (bicyclic) bond motifs is 1. The molecule has 2 N–H and O–H groups in total. The van der Waals surface area contributed by atoms with E-state index in [2.05, 4.69) is 0 Å². The van der Waals surface area contributed by atoms with Crippen molar-refractivity contribution in [1.82, 2.24) is 4.90 Å². The molecule has 2 saturated carbocycles. The van der Waals surface area contributed by atoms with Crippen molar-refractivity contribution in [3.63, 3.8) is 0 Å². The third-order valence-electron chi connectivity index (χ3n) is 3.41. The summed E-state index contributed by atoms with van der Waals surface area (Å²) in [6.07, 6.45) is 2.40. The first kappa shape index (κ1) is 7.50. The minimum atomic E-state index is 0.0457. The van der Waals surface area contributed by atoms with Crippen molar-refractivity contribution in [3.05, 3.63) is 0 Å². The molecule has 0 aromatic rings. The van der Waals surface area contributed by atoms with Gasteiger partial charge in [0, 0.05) is 12.1 Å². The lowest BCUT2D eigenvalue weighted by Crippen LogP contribution is -2.53. The number of piperidine rings is 1. The second-order valence-corrected chi connectivity index (χ2v) is 4.38. The van der Waals surface area contributed by atoms with Gasteiger partial charge in [0.25, 0.3) is 0 Å². The van der Waals surface area contributed by atoms with Crippen molar-refractivity contribution < 1.29 is 9.59 Å². The smallest absolute Gasteiger partial charge is 0.233 e. The van der Waals surface area contributed by atoms with E-state index in [0.717, 1.165) is 19.3 Å². The quantitative estimate of drug-likeness (QED) is 0.552. The highest BCUT2D eigenvalue weighted by Crippen LogP contribution is 2.49. The van der Waals surface area contributed by atoms with E-state index >= 15 is 0 Å². The first-order valence-electron chi connectivity index (χ1n) is 4.81. The summed E-state index contributed by atoms with van der Waals surface area (Å²) in [6, 6.07) is 0.324. The lowest BCUT2D eigenvalue weighted by atomic mass is 9.86. The largest absolute Gasteiger partial charge is 0.328 e. The monoisotopic (exact) mass is 180 g/mol. The van der Waals surface area contributed by atoms with Crippen LogP contribution >= 0.6 is 0 Å². The predicted molar refractivity (Wildman–Crippen MR) is 44.4 cm³/mol. The average Bonchev–Trinajstić information content (AvgIpc) is 2.75. The molecule has 2 unspecified atom stereocenters. The highest BCUT2D eigenvalue weighted by molar-refractivity contribution is 6.09. The zero-order valence-electron chi connectivity index (χ0n) is 7.27. The van der Waals surface area contributed by atoms with Crippen molar-refractivity contribution >= 4 is 11.8 Å². The zero-order chi connectivity index (χ0) is 9.16. The molecule has 4 heteroatoms. The second kappa shape index (κ2) is 2.12. The Kier molecular flexibility index (Phi) is 1.22. The molecule has 3 rings (SSSR count). The van der Waals surface area contributed by atoms with Crippen LogP contribution in [0, 0.1) is 11.8 Å². The Hall–Kier alpha value is -0.900. The number of hydrogen-bond donors (Lipinski definition) is 1. The van der Waals surface area contributed by atoms with E-state index in [4.69, 9.17) is 5.73 Å². The number of nitrogens with two attached hydrogens (primary N) is 1. The van der Waals surface area contributed by atoms with Gasteiger partial charge >= 0.3 is 0 Å². The van der Waals surface area contributed by atoms with E-state index in [0.29, 0.717) is 0 Å². The fourth-order valence-corrected chi connectivity index (χ4v) is 2.41. The van der Waals surface area contributed by atoms with E-state index < -0.39 is 0 Å². The number of hydrogen-bond acceptors (Lipinski definition) is 3. The molecule has 2 amide bonds. The zero-order valence-corrected chi connectivity index (χ0v) is 7.27. The molecule has 1 heterocycles. The molecule has 0 aromatic carbocycles. The van der Waals surface area contributed by atoms with E-state index in [1.165, 1.54) is 4.90 Å². The van der Waals surface area contributed by atoms with Crippen molar-refractivity contribution in [2.45, 2.75) is 31.3 Å². The molecular formula is C9H12N2O2. The number of rotatable bonds is 1. The summed E-state index contributed by atoms with van der Waals surface area (Å²) in [5.41, 5.74) is 5.62. The van der Waals surface area contributed by atoms with Gasteiger partial charge in [0.05, 0.1) is 11.8 Å². The highest BCUT2D eigenvalue weighted by Gasteiger charge is 2.61. The van der Waals surface area contributed by atoms with Crippen molar-refractivity contribution in [2.24, 2.45) is 17.6 Å². The Balaban J connectivity index is 1.78. The molecule has 3 aliphatic rings. The fourth-order valence-electron chi connectivity index (χ4n) is 2.41. The standard InChI is InChI=1S/C9H12N2O2/c10-4-1-5(2-4)11-8(12)6-3-7(6)9(11)13/h4-7H,1-3,10H2. The van der Waals surface area contributed by atoms with Gasteiger partial charge in [-0.3, -0.25) is 14.5 Å². The van der Waals surface area contributed by atoms with Crippen molar-refractivity contribution in [3.8, 4) is 0 Å². The van der Waals surface area contributed by atoms with Crippen LogP contribution in [-0.4, -0.2) is 28.8 Å². The highest BCUT2D eigenvalue weighted by atomic mass is 16.2. The van der Waals surface area contributed by atoms with Crippen LogP contribution in [0.2, 0.25) is 0 Å². The minimum Gasteiger partial charge on any atom is -0.328 e. The van der Waals surface area contributed by atoms with E-state index in [9.17, 15) is 9.59 Å². The number of likely N-dealkylation sites (tertiary alicyclic amines) is 1. The van der Waals surface area contributed by atoms with Gasteiger partial charge in [-0.2, -0.15) is 0 Å². The summed E-state index contributed by atoms with van der Waals surface area (Å²) in [6.45, 7) is 0. The molecule has 4 nitrogen and oxygen atoms in total. The van der Waals surface area contributed by atoms with E-state index in [-0.39, 0.29) is 35.7 Å². The maximum Gasteiger partial charge on any atom is 0.233 e. The van der Waals surface area contributed by atoms with Gasteiger partial charge in [-0.1, -0.05) is 0 Å². The Bertz CT molecular complexity index is 276. The maximum atomic E-state index is 11.6. The van der Waals surface area contributed by atoms with E-state index in [1.807, 2.05) is 0 Å². The van der Waals surface area contributed by atoms with Gasteiger partial charge < -0.3 is 5.73 Å². The molecule has 3 fully saturated rings. The van der Waals surface area contributed by atoms with Crippen LogP contribution in [0.15, 0.2) is 0 Å². The lowest BCUT2D eigenvalue weighted by Gasteiger charge is -2.38. The van der Waals surface area contributed by atoms with Gasteiger partial charge in [0.2, 0.25) is 11.8 Å². The topological polar surface area (TPSA) is 63.4 Å². The molecule has 13 heavy (non-hydrogen) atoms. The third-order valence-corrected chi connectivity index (χ3v) is 3.41. The average molecular weight is 180 g/mol. The summed E-state index contributed by atoms with van der Waals surface area (Å²) < 4.78 is 0. The Morgan fingerprint density at radius 3 is 2.08 bits per heavy atom. The molecular weight excluding hydrogens is 168 g/mol. The van der Waals surface area contributed by atoms with Crippen molar-refractivity contribution in [2.75, 3.05) is 0 Å². The second-order valence-electron chi connectivity index (χ2n) is 4.38. The van der Waals surface area contributed by atoms with Gasteiger partial charge in [-0.05, 0) is 19.3 Å². The van der Waals surface area contributed by atoms with Gasteiger partial charge in [0.15, 0.2) is 0 Å². The van der Waals surface area contributed by atoms with Crippen LogP contribution in [0.4, 0.5) is 0 Å². The first-order chi connectivity index (χ1) is 6.18. The number of amides is 2. The normalized spacial score (nSPS) is 47.6. The summed E-state index contributed by atoms with van der Waals surface area (Å²) in [5, 5.41) is 0. The van der Waals surface area contributed by atoms with E-state index in [1.54, 1.807) is 0 Å². The summed E-state index contributed by atoms with van der Waals surface area (Å²) >= 11 is 0. The number of carbonyl (C=O) groups excluding carboxylic acids is 2. The Morgan fingerprint density at radius 2 is 1.62 bits per heavy atom. The minimum absolute atomic E-state index is 0.0457. The molecule has 0 aromatic heterocycles. The van der Waals surface area contributed by atoms with Crippen LogP contribution in [-0.2, 0) is 9.59 Å². The van der Waals surface area contributed by atoms with Gasteiger partial charge in [-0.25, -0.2) is 0 Å². The van der Waals surface area contributed by atoms with Crippen LogP contribution in [0.5, 0.6) is 0 Å². The maximum absolute atomic E-state index is 11.6. The SMILES string of the molecule is NC1CC(N2C(=O)C3CC3C2=O)C1. The Morgan fingerprint density at radius 1 is 1.08 bits per heavy atom. The molecule has 0 bridgehead atoms. The molecule has 2 atom stereocenters. The van der Waals surface area contributed by atoms with Gasteiger partial charge in [0.1, 0.15) is 0 Å². The number of imide groups is 1. The third kappa shape index (κ3) is 0.839. The van der Waals surface area contributed by atoms with Gasteiger partial charge in [-0.15, -0.1) is 0 Å². The fraction of sp³-hybridized carbons (Fsp3) is 0.778. The molecule has 1 saturated heterocycles. The molecule has 0 spiro atoms. The van der Waals surface area contributed by atoms with Crippen LogP contribution in [0.3, 0.4) is 0 Å². The van der Waals surface area contributed by atoms with Crippen LogP contribution in [0.1, 0.15) is 19.3 Å².